The number of hydrogen-bond acceptors (Lipinski definition) is 4. The van der Waals surface area contributed by atoms with Crippen molar-refractivity contribution in [1.29, 1.82) is 0 Å². The van der Waals surface area contributed by atoms with Gasteiger partial charge in [-0.3, -0.25) is 4.84 Å². The number of hydrogen-bond donors (Lipinski definition) is 1. The van der Waals surface area contributed by atoms with Gasteiger partial charge in [0.1, 0.15) is 4.90 Å². The van der Waals surface area contributed by atoms with Gasteiger partial charge in [-0.05, 0) is 37.5 Å². The van der Waals surface area contributed by atoms with Crippen molar-refractivity contribution in [3.8, 4) is 0 Å². The van der Waals surface area contributed by atoms with Crippen LogP contribution in [0, 0.1) is 6.92 Å². The Morgan fingerprint density at radius 1 is 1.40 bits per heavy atom. The predicted molar refractivity (Wildman–Crippen MR) is 72.2 cm³/mol. The van der Waals surface area contributed by atoms with Gasteiger partial charge in [-0.15, -0.1) is 0 Å². The summed E-state index contributed by atoms with van der Waals surface area (Å²) < 4.78 is 25.8. The Bertz CT molecular complexity index is 637. The Morgan fingerprint density at radius 2 is 2.10 bits per heavy atom. The smallest absolute Gasteiger partial charge is 0.335 e. The summed E-state index contributed by atoms with van der Waals surface area (Å²) in [6.45, 7) is 2.11. The van der Waals surface area contributed by atoms with Crippen molar-refractivity contribution in [3.05, 3.63) is 28.3 Å². The third-order valence-electron chi connectivity index (χ3n) is 2.98. The molecule has 1 aromatic carbocycles. The van der Waals surface area contributed by atoms with Gasteiger partial charge in [0.05, 0.1) is 17.2 Å². The summed E-state index contributed by atoms with van der Waals surface area (Å²) in [6, 6.07) is 2.39. The van der Waals surface area contributed by atoms with E-state index in [2.05, 4.69) is 0 Å². The van der Waals surface area contributed by atoms with Crippen LogP contribution in [0.1, 0.15) is 28.8 Å². The molecule has 110 valence electrons. The highest BCUT2D eigenvalue weighted by Gasteiger charge is 2.30. The van der Waals surface area contributed by atoms with Crippen LogP contribution in [-0.4, -0.2) is 37.1 Å². The molecule has 8 heteroatoms. The summed E-state index contributed by atoms with van der Waals surface area (Å²) >= 11 is 6.02. The van der Waals surface area contributed by atoms with Crippen LogP contribution < -0.4 is 0 Å². The van der Waals surface area contributed by atoms with Crippen molar-refractivity contribution in [3.63, 3.8) is 0 Å². The lowest BCUT2D eigenvalue weighted by molar-refractivity contribution is -0.108. The lowest BCUT2D eigenvalue weighted by atomic mass is 10.1. The molecule has 1 saturated heterocycles. The van der Waals surface area contributed by atoms with Gasteiger partial charge >= 0.3 is 5.97 Å². The zero-order chi connectivity index (χ0) is 14.9. The zero-order valence-electron chi connectivity index (χ0n) is 10.8. The molecule has 0 bridgehead atoms. The molecular formula is C12H14ClNO5S. The monoisotopic (exact) mass is 319 g/mol. The number of carboxylic acid groups (broad SMARTS) is 1. The molecule has 0 saturated carbocycles. The maximum atomic E-state index is 12.5. The highest BCUT2D eigenvalue weighted by molar-refractivity contribution is 7.89. The van der Waals surface area contributed by atoms with Crippen molar-refractivity contribution in [2.45, 2.75) is 24.7 Å². The van der Waals surface area contributed by atoms with Crippen molar-refractivity contribution >= 4 is 27.6 Å². The summed E-state index contributed by atoms with van der Waals surface area (Å²) in [4.78, 5) is 15.9. The first kappa shape index (κ1) is 15.2. The van der Waals surface area contributed by atoms with Crippen LogP contribution in [0.4, 0.5) is 0 Å². The quantitative estimate of drug-likeness (QED) is 0.922. The highest BCUT2D eigenvalue weighted by Crippen LogP contribution is 2.30. The van der Waals surface area contributed by atoms with E-state index in [9.17, 15) is 13.2 Å². The van der Waals surface area contributed by atoms with Crippen molar-refractivity contribution < 1.29 is 23.2 Å². The zero-order valence-corrected chi connectivity index (χ0v) is 12.4. The van der Waals surface area contributed by atoms with Crippen LogP contribution in [-0.2, 0) is 14.9 Å². The van der Waals surface area contributed by atoms with Gasteiger partial charge in [0.15, 0.2) is 0 Å². The molecule has 1 N–H and O–H groups in total. The van der Waals surface area contributed by atoms with Gasteiger partial charge in [-0.1, -0.05) is 16.1 Å². The molecule has 0 aromatic heterocycles. The van der Waals surface area contributed by atoms with Gasteiger partial charge in [0, 0.05) is 6.54 Å². The molecule has 2 rings (SSSR count). The number of aromatic carboxylic acids is 1. The largest absolute Gasteiger partial charge is 0.478 e. The Labute approximate surface area is 121 Å². The Balaban J connectivity index is 2.52. The predicted octanol–water partition coefficient (Wildman–Crippen LogP) is 2.06. The van der Waals surface area contributed by atoms with Crippen LogP contribution in [0.15, 0.2) is 17.0 Å². The molecule has 6 nitrogen and oxygen atoms in total. The van der Waals surface area contributed by atoms with Crippen molar-refractivity contribution in [2.75, 3.05) is 13.2 Å². The maximum absolute atomic E-state index is 12.5. The number of halogens is 1. The average molecular weight is 320 g/mol. The SMILES string of the molecule is Cc1cc(C(=O)O)cc(S(=O)(=O)N2CCCCO2)c1Cl. The van der Waals surface area contributed by atoms with Gasteiger partial charge < -0.3 is 5.11 Å². The number of hydroxylamine groups is 1. The molecular weight excluding hydrogens is 306 g/mol. The molecule has 1 aromatic rings. The second-order valence-electron chi connectivity index (χ2n) is 4.48. The number of nitrogens with zero attached hydrogens (tertiary/aromatic N) is 1. The fraction of sp³-hybridized carbons (Fsp3) is 0.417. The molecule has 0 amide bonds. The third kappa shape index (κ3) is 2.80. The summed E-state index contributed by atoms with van der Waals surface area (Å²) in [5.41, 5.74) is 0.268. The summed E-state index contributed by atoms with van der Waals surface area (Å²) in [5.74, 6) is -1.21. The van der Waals surface area contributed by atoms with Crippen molar-refractivity contribution in [1.82, 2.24) is 4.47 Å². The van der Waals surface area contributed by atoms with E-state index < -0.39 is 16.0 Å². The first-order valence-corrected chi connectivity index (χ1v) is 7.85. The van der Waals surface area contributed by atoms with E-state index in [4.69, 9.17) is 21.5 Å². The normalized spacial score (nSPS) is 17.1. The fourth-order valence-corrected chi connectivity index (χ4v) is 3.79. The highest BCUT2D eigenvalue weighted by atomic mass is 35.5. The lowest BCUT2D eigenvalue weighted by Crippen LogP contribution is -2.36. The Morgan fingerprint density at radius 3 is 2.65 bits per heavy atom. The standard InChI is InChI=1S/C12H14ClNO5S/c1-8-6-9(12(15)16)7-10(11(8)13)20(17,18)14-4-2-3-5-19-14/h6-7H,2-5H2,1H3,(H,15,16). The van der Waals surface area contributed by atoms with E-state index in [-0.39, 0.29) is 22.0 Å². The molecule has 1 aliphatic heterocycles. The molecule has 1 heterocycles. The van der Waals surface area contributed by atoms with Gasteiger partial charge in [0.2, 0.25) is 0 Å². The molecule has 0 spiro atoms. The van der Waals surface area contributed by atoms with Gasteiger partial charge in [0.25, 0.3) is 10.0 Å². The third-order valence-corrected chi connectivity index (χ3v) is 5.30. The van der Waals surface area contributed by atoms with E-state index in [1.807, 2.05) is 0 Å². The second-order valence-corrected chi connectivity index (χ2v) is 6.66. The molecule has 1 aliphatic rings. The molecule has 0 radical (unpaired) electrons. The minimum Gasteiger partial charge on any atom is -0.478 e. The minimum absolute atomic E-state index is 0.0178. The average Bonchev–Trinajstić information content (AvgIpc) is 2.42. The number of carbonyl (C=O) groups is 1. The van der Waals surface area contributed by atoms with E-state index in [1.165, 1.54) is 6.07 Å². The van der Waals surface area contributed by atoms with E-state index in [0.717, 1.165) is 17.0 Å². The van der Waals surface area contributed by atoms with E-state index in [1.54, 1.807) is 6.92 Å². The number of aryl methyl sites for hydroxylation is 1. The topological polar surface area (TPSA) is 83.9 Å². The van der Waals surface area contributed by atoms with Gasteiger partial charge in [-0.25, -0.2) is 13.2 Å². The number of rotatable bonds is 3. The Kier molecular flexibility index (Phi) is 4.33. The van der Waals surface area contributed by atoms with Crippen LogP contribution in [0.2, 0.25) is 5.02 Å². The first-order chi connectivity index (χ1) is 9.34. The number of benzene rings is 1. The summed E-state index contributed by atoms with van der Waals surface area (Å²) in [5, 5.41) is 9.04. The molecule has 20 heavy (non-hydrogen) atoms. The summed E-state index contributed by atoms with van der Waals surface area (Å²) in [6.07, 6.45) is 1.47. The van der Waals surface area contributed by atoms with Crippen LogP contribution in [0.3, 0.4) is 0 Å². The number of carboxylic acids is 1. The molecule has 1 fully saturated rings. The van der Waals surface area contributed by atoms with E-state index in [0.29, 0.717) is 18.6 Å². The second kappa shape index (κ2) is 5.69. The molecule has 0 unspecified atom stereocenters. The Hall–Kier alpha value is -1.15. The van der Waals surface area contributed by atoms with Crippen LogP contribution >= 0.6 is 11.6 Å². The molecule has 0 atom stereocenters. The maximum Gasteiger partial charge on any atom is 0.335 e. The summed E-state index contributed by atoms with van der Waals surface area (Å²) in [7, 11) is -3.96. The van der Waals surface area contributed by atoms with Gasteiger partial charge in [-0.2, -0.15) is 0 Å². The van der Waals surface area contributed by atoms with Crippen LogP contribution in [0.25, 0.3) is 0 Å². The minimum atomic E-state index is -3.96. The number of sulfonamides is 1. The van der Waals surface area contributed by atoms with E-state index >= 15 is 0 Å². The lowest BCUT2D eigenvalue weighted by Gasteiger charge is -2.25. The fourth-order valence-electron chi connectivity index (χ4n) is 1.92. The first-order valence-electron chi connectivity index (χ1n) is 6.03. The van der Waals surface area contributed by atoms with Crippen LogP contribution in [0.5, 0.6) is 0 Å². The van der Waals surface area contributed by atoms with Crippen molar-refractivity contribution in [2.24, 2.45) is 0 Å². The molecule has 0 aliphatic carbocycles.